The van der Waals surface area contributed by atoms with E-state index >= 15 is 0 Å². The molecule has 0 fully saturated rings. The molecule has 0 aliphatic rings. The molecular formula is C26H58N2O. The van der Waals surface area contributed by atoms with E-state index in [1.165, 1.54) is 0 Å². The predicted octanol–water partition coefficient (Wildman–Crippen LogP) is 7.40. The van der Waals surface area contributed by atoms with Gasteiger partial charge in [-0.2, -0.15) is 0 Å². The highest BCUT2D eigenvalue weighted by Crippen LogP contribution is 2.37. The fourth-order valence-electron chi connectivity index (χ4n) is 3.11. The summed E-state index contributed by atoms with van der Waals surface area (Å²) in [6, 6.07) is 0. The first-order chi connectivity index (χ1) is 12.6. The van der Waals surface area contributed by atoms with Crippen LogP contribution in [0.4, 0.5) is 0 Å². The van der Waals surface area contributed by atoms with Crippen LogP contribution in [0.1, 0.15) is 117 Å². The van der Waals surface area contributed by atoms with Gasteiger partial charge in [0.25, 0.3) is 0 Å². The van der Waals surface area contributed by atoms with Crippen molar-refractivity contribution >= 4 is 5.91 Å². The smallest absolute Gasteiger partial charge is 0.224 e. The van der Waals surface area contributed by atoms with Gasteiger partial charge >= 0.3 is 0 Å². The molecule has 3 nitrogen and oxygen atoms in total. The molecular weight excluding hydrogens is 356 g/mol. The zero-order chi connectivity index (χ0) is 24.4. The molecule has 0 heterocycles. The molecule has 29 heavy (non-hydrogen) atoms. The second kappa shape index (κ2) is 13.0. The van der Waals surface area contributed by atoms with E-state index in [0.29, 0.717) is 0 Å². The van der Waals surface area contributed by atoms with E-state index in [1.807, 2.05) is 13.8 Å². The van der Waals surface area contributed by atoms with E-state index in [2.05, 4.69) is 114 Å². The van der Waals surface area contributed by atoms with Gasteiger partial charge < -0.3 is 10.2 Å². The molecule has 1 unspecified atom stereocenters. The summed E-state index contributed by atoms with van der Waals surface area (Å²) >= 11 is 0. The van der Waals surface area contributed by atoms with Crippen LogP contribution in [0.3, 0.4) is 0 Å². The second-order valence-electron chi connectivity index (χ2n) is 12.7. The molecule has 0 saturated heterocycles. The van der Waals surface area contributed by atoms with Gasteiger partial charge in [0, 0.05) is 17.0 Å². The van der Waals surface area contributed by atoms with Crippen LogP contribution in [-0.2, 0) is 4.79 Å². The number of amides is 1. The number of nitrogens with zero attached hydrogens (tertiary/aromatic N) is 1. The molecule has 0 aromatic heterocycles. The lowest BCUT2D eigenvalue weighted by atomic mass is 9.71. The molecule has 0 aliphatic heterocycles. The molecule has 1 N–H and O–H groups in total. The monoisotopic (exact) mass is 414 g/mol. The highest BCUT2D eigenvalue weighted by atomic mass is 16.2. The third-order valence-corrected chi connectivity index (χ3v) is 4.73. The van der Waals surface area contributed by atoms with Gasteiger partial charge in [-0.05, 0) is 71.4 Å². The lowest BCUT2D eigenvalue weighted by molar-refractivity contribution is -0.131. The first kappa shape index (κ1) is 33.1. The van der Waals surface area contributed by atoms with Crippen molar-refractivity contribution in [1.82, 2.24) is 10.2 Å². The average Bonchev–Trinajstić information content (AvgIpc) is 2.42. The first-order valence-electron chi connectivity index (χ1n) is 11.6. The molecule has 0 aliphatic carbocycles. The molecule has 0 radical (unpaired) electrons. The Kier molecular flexibility index (Phi) is 14.8. The number of nitrogens with one attached hydrogen (secondary N) is 1. The summed E-state index contributed by atoms with van der Waals surface area (Å²) in [6.45, 7) is 32.3. The zero-order valence-corrected chi connectivity index (χ0v) is 23.4. The minimum atomic E-state index is -0.230. The lowest BCUT2D eigenvalue weighted by Gasteiger charge is -2.42. The van der Waals surface area contributed by atoms with Crippen LogP contribution in [0.25, 0.3) is 0 Å². The van der Waals surface area contributed by atoms with Gasteiger partial charge in [-0.3, -0.25) is 4.79 Å². The van der Waals surface area contributed by atoms with Gasteiger partial charge in [0.2, 0.25) is 5.91 Å². The molecule has 1 amide bonds. The van der Waals surface area contributed by atoms with Crippen molar-refractivity contribution in [2.24, 2.45) is 22.7 Å². The van der Waals surface area contributed by atoms with E-state index in [0.717, 1.165) is 18.8 Å². The first-order valence-corrected chi connectivity index (χ1v) is 11.6. The normalized spacial score (nSPS) is 13.9. The van der Waals surface area contributed by atoms with E-state index in [4.69, 9.17) is 0 Å². The third kappa shape index (κ3) is 18.0. The van der Waals surface area contributed by atoms with Crippen molar-refractivity contribution in [3.63, 3.8) is 0 Å². The molecule has 0 aromatic rings. The SMILES string of the molecule is CC.CC(C)C.CN(C)C(C)(C)CC(C)(C)NC(=O)C(CC(C)(C)C)C(C)(C)C. The Bertz CT molecular complexity index is 432. The number of carbonyl (C=O) groups is 1. The molecule has 0 saturated carbocycles. The maximum Gasteiger partial charge on any atom is 0.224 e. The maximum absolute atomic E-state index is 13.0. The second-order valence-corrected chi connectivity index (χ2v) is 12.7. The summed E-state index contributed by atoms with van der Waals surface area (Å²) in [5.41, 5.74) is -0.0862. The van der Waals surface area contributed by atoms with Gasteiger partial charge in [-0.15, -0.1) is 0 Å². The van der Waals surface area contributed by atoms with E-state index in [1.54, 1.807) is 0 Å². The Balaban J connectivity index is -0.000000994. The number of hydrogen-bond donors (Lipinski definition) is 1. The summed E-state index contributed by atoms with van der Waals surface area (Å²) in [5.74, 6) is 1.04. The Morgan fingerprint density at radius 1 is 0.828 bits per heavy atom. The van der Waals surface area contributed by atoms with Crippen LogP contribution < -0.4 is 5.32 Å². The Morgan fingerprint density at radius 3 is 1.41 bits per heavy atom. The van der Waals surface area contributed by atoms with Crippen molar-refractivity contribution < 1.29 is 4.79 Å². The Morgan fingerprint density at radius 2 is 1.17 bits per heavy atom. The Labute approximate surface area is 185 Å². The van der Waals surface area contributed by atoms with Crippen molar-refractivity contribution in [2.75, 3.05) is 14.1 Å². The molecule has 0 spiro atoms. The summed E-state index contributed by atoms with van der Waals surface area (Å²) in [5, 5.41) is 3.33. The predicted molar refractivity (Wildman–Crippen MR) is 133 cm³/mol. The lowest BCUT2D eigenvalue weighted by Crippen LogP contribution is -2.54. The van der Waals surface area contributed by atoms with Crippen molar-refractivity contribution in [1.29, 1.82) is 0 Å². The minimum Gasteiger partial charge on any atom is -0.351 e. The number of hydrogen-bond acceptors (Lipinski definition) is 2. The summed E-state index contributed by atoms with van der Waals surface area (Å²) in [6.07, 6.45) is 1.81. The van der Waals surface area contributed by atoms with Crippen LogP contribution in [0, 0.1) is 22.7 Å². The van der Waals surface area contributed by atoms with Crippen LogP contribution in [0.5, 0.6) is 0 Å². The molecule has 0 bridgehead atoms. The summed E-state index contributed by atoms with van der Waals surface area (Å²) < 4.78 is 0. The van der Waals surface area contributed by atoms with Crippen LogP contribution >= 0.6 is 0 Å². The number of carbonyl (C=O) groups excluding carboxylic acids is 1. The van der Waals surface area contributed by atoms with E-state index in [-0.39, 0.29) is 33.7 Å². The van der Waals surface area contributed by atoms with Gasteiger partial charge in [0.1, 0.15) is 0 Å². The van der Waals surface area contributed by atoms with Gasteiger partial charge in [0.05, 0.1) is 0 Å². The highest BCUT2D eigenvalue weighted by Gasteiger charge is 2.38. The Hall–Kier alpha value is -0.570. The minimum absolute atomic E-state index is 0.0178. The fraction of sp³-hybridized carbons (Fsp3) is 0.962. The molecule has 178 valence electrons. The zero-order valence-electron chi connectivity index (χ0n) is 23.4. The molecule has 0 aromatic carbocycles. The van der Waals surface area contributed by atoms with E-state index < -0.39 is 0 Å². The summed E-state index contributed by atoms with van der Waals surface area (Å²) in [4.78, 5) is 15.2. The molecule has 0 rings (SSSR count). The van der Waals surface area contributed by atoms with Gasteiger partial charge in [0.15, 0.2) is 0 Å². The summed E-state index contributed by atoms with van der Waals surface area (Å²) in [7, 11) is 4.19. The highest BCUT2D eigenvalue weighted by molar-refractivity contribution is 5.80. The van der Waals surface area contributed by atoms with Crippen LogP contribution in [-0.4, -0.2) is 36.0 Å². The van der Waals surface area contributed by atoms with Crippen molar-refractivity contribution in [3.05, 3.63) is 0 Å². The average molecular weight is 415 g/mol. The van der Waals surface area contributed by atoms with Crippen molar-refractivity contribution in [2.45, 2.75) is 128 Å². The van der Waals surface area contributed by atoms with Crippen LogP contribution in [0.2, 0.25) is 0 Å². The quantitative estimate of drug-likeness (QED) is 0.491. The van der Waals surface area contributed by atoms with Crippen molar-refractivity contribution in [3.8, 4) is 0 Å². The third-order valence-electron chi connectivity index (χ3n) is 4.73. The number of rotatable bonds is 6. The van der Waals surface area contributed by atoms with E-state index in [9.17, 15) is 4.79 Å². The largest absolute Gasteiger partial charge is 0.351 e. The molecule has 3 heteroatoms. The fourth-order valence-corrected chi connectivity index (χ4v) is 3.11. The maximum atomic E-state index is 13.0. The van der Waals surface area contributed by atoms with Crippen LogP contribution in [0.15, 0.2) is 0 Å². The molecule has 1 atom stereocenters. The van der Waals surface area contributed by atoms with Gasteiger partial charge in [-0.25, -0.2) is 0 Å². The standard InChI is InChI=1S/C20H42N2O.C4H10.C2H6/c1-17(2,3)13-15(18(4,5)6)16(23)21-19(7,8)14-20(9,10)22(11)12;1-4(2)3;1-2/h15H,13-14H2,1-12H3,(H,21,23);4H,1-3H3;1-2H3. The van der Waals surface area contributed by atoms with Gasteiger partial charge in [-0.1, -0.05) is 76.2 Å². The topological polar surface area (TPSA) is 32.3 Å².